The van der Waals surface area contributed by atoms with Crippen LogP contribution in [0.2, 0.25) is 0 Å². The van der Waals surface area contributed by atoms with Crippen molar-refractivity contribution in [2.24, 2.45) is 5.73 Å². The SMILES string of the molecule is NC(=O)CCC(=O)N(C[C@@H]1CN(Cc2ccccc2)CCN1)C1C=CC=CC1. The number of rotatable bonds is 8. The van der Waals surface area contributed by atoms with Crippen LogP contribution in [0.15, 0.2) is 54.6 Å². The van der Waals surface area contributed by atoms with Crippen LogP contribution < -0.4 is 11.1 Å². The fourth-order valence-electron chi connectivity index (χ4n) is 3.83. The normalized spacial score (nSPS) is 22.1. The Morgan fingerprint density at radius 3 is 2.71 bits per heavy atom. The van der Waals surface area contributed by atoms with Gasteiger partial charge in [-0.2, -0.15) is 0 Å². The minimum atomic E-state index is -0.433. The molecular formula is C22H30N4O2. The summed E-state index contributed by atoms with van der Waals surface area (Å²) >= 11 is 0. The van der Waals surface area contributed by atoms with Gasteiger partial charge in [0.05, 0.1) is 6.04 Å². The van der Waals surface area contributed by atoms with Crippen LogP contribution in [0.25, 0.3) is 0 Å². The molecular weight excluding hydrogens is 352 g/mol. The van der Waals surface area contributed by atoms with E-state index in [2.05, 4.69) is 46.6 Å². The maximum Gasteiger partial charge on any atom is 0.223 e. The molecule has 6 heteroatoms. The largest absolute Gasteiger partial charge is 0.370 e. The molecule has 1 aromatic rings. The topological polar surface area (TPSA) is 78.7 Å². The summed E-state index contributed by atoms with van der Waals surface area (Å²) < 4.78 is 0. The molecule has 1 aliphatic carbocycles. The van der Waals surface area contributed by atoms with E-state index in [0.717, 1.165) is 32.6 Å². The van der Waals surface area contributed by atoms with Crippen LogP contribution >= 0.6 is 0 Å². The molecule has 1 saturated heterocycles. The zero-order valence-corrected chi connectivity index (χ0v) is 16.3. The van der Waals surface area contributed by atoms with E-state index in [1.54, 1.807) is 0 Å². The van der Waals surface area contributed by atoms with E-state index < -0.39 is 5.91 Å². The van der Waals surface area contributed by atoms with Crippen LogP contribution in [-0.4, -0.2) is 59.9 Å². The quantitative estimate of drug-likeness (QED) is 0.713. The standard InChI is InChI=1S/C22H30N4O2/c23-21(27)11-12-22(28)26(20-9-5-2-6-10-20)17-19-16-25(14-13-24-19)15-18-7-3-1-4-8-18/h1-9,19-20,24H,10-17H2,(H2,23,27)/t19-,20?/m0/s1. The average molecular weight is 383 g/mol. The Morgan fingerprint density at radius 1 is 1.18 bits per heavy atom. The number of primary amides is 1. The zero-order chi connectivity index (χ0) is 19.8. The van der Waals surface area contributed by atoms with Gasteiger partial charge in [-0.15, -0.1) is 0 Å². The third kappa shape index (κ3) is 6.04. The number of nitrogens with zero attached hydrogens (tertiary/aromatic N) is 2. The first-order valence-corrected chi connectivity index (χ1v) is 10.0. The van der Waals surface area contributed by atoms with Gasteiger partial charge < -0.3 is 16.0 Å². The fraction of sp³-hybridized carbons (Fsp3) is 0.455. The fourth-order valence-corrected chi connectivity index (χ4v) is 3.83. The predicted molar refractivity (Wildman–Crippen MR) is 110 cm³/mol. The second-order valence-electron chi connectivity index (χ2n) is 7.50. The smallest absolute Gasteiger partial charge is 0.223 e. The van der Waals surface area contributed by atoms with E-state index in [0.29, 0.717) is 6.54 Å². The van der Waals surface area contributed by atoms with Gasteiger partial charge in [0.25, 0.3) is 0 Å². The number of carbonyl (C=O) groups is 2. The van der Waals surface area contributed by atoms with Crippen molar-refractivity contribution in [1.29, 1.82) is 0 Å². The summed E-state index contributed by atoms with van der Waals surface area (Å²) in [6.45, 7) is 4.33. The molecule has 2 amide bonds. The Hall–Kier alpha value is -2.44. The number of nitrogens with one attached hydrogen (secondary N) is 1. The molecule has 1 heterocycles. The van der Waals surface area contributed by atoms with Gasteiger partial charge in [-0.25, -0.2) is 0 Å². The summed E-state index contributed by atoms with van der Waals surface area (Å²) in [5.41, 5.74) is 6.54. The molecule has 2 atom stereocenters. The number of amides is 2. The molecule has 0 radical (unpaired) electrons. The van der Waals surface area contributed by atoms with E-state index in [4.69, 9.17) is 5.73 Å². The van der Waals surface area contributed by atoms with E-state index in [1.807, 2.05) is 23.1 Å². The van der Waals surface area contributed by atoms with Crippen LogP contribution in [-0.2, 0) is 16.1 Å². The average Bonchev–Trinajstić information content (AvgIpc) is 2.72. The Bertz CT molecular complexity index is 717. The number of piperazine rings is 1. The highest BCUT2D eigenvalue weighted by Crippen LogP contribution is 2.16. The molecule has 1 aromatic carbocycles. The van der Waals surface area contributed by atoms with Crippen LogP contribution in [0.1, 0.15) is 24.8 Å². The first kappa shape index (κ1) is 20.3. The molecule has 1 fully saturated rings. The summed E-state index contributed by atoms with van der Waals surface area (Å²) in [6, 6.07) is 10.7. The lowest BCUT2D eigenvalue weighted by atomic mass is 10.0. The number of benzene rings is 1. The van der Waals surface area contributed by atoms with E-state index in [9.17, 15) is 9.59 Å². The second kappa shape index (κ2) is 10.2. The van der Waals surface area contributed by atoms with Crippen molar-refractivity contribution in [3.8, 4) is 0 Å². The molecule has 150 valence electrons. The molecule has 0 aromatic heterocycles. The minimum Gasteiger partial charge on any atom is -0.370 e. The van der Waals surface area contributed by atoms with Gasteiger partial charge in [-0.3, -0.25) is 14.5 Å². The highest BCUT2D eigenvalue weighted by Gasteiger charge is 2.27. The third-order valence-corrected chi connectivity index (χ3v) is 5.27. The monoisotopic (exact) mass is 382 g/mol. The van der Waals surface area contributed by atoms with Crippen molar-refractivity contribution in [3.05, 3.63) is 60.2 Å². The lowest BCUT2D eigenvalue weighted by Crippen LogP contribution is -2.56. The lowest BCUT2D eigenvalue weighted by molar-refractivity contribution is -0.135. The number of carbonyl (C=O) groups excluding carboxylic acids is 2. The number of hydrogen-bond acceptors (Lipinski definition) is 4. The molecule has 3 rings (SSSR count). The van der Waals surface area contributed by atoms with Crippen LogP contribution in [0.3, 0.4) is 0 Å². The summed E-state index contributed by atoms with van der Waals surface area (Å²) in [5, 5.41) is 3.55. The van der Waals surface area contributed by atoms with Gasteiger partial charge in [0.1, 0.15) is 0 Å². The Kier molecular flexibility index (Phi) is 7.39. The Morgan fingerprint density at radius 2 is 2.00 bits per heavy atom. The van der Waals surface area contributed by atoms with Crippen molar-refractivity contribution in [1.82, 2.24) is 15.1 Å². The lowest BCUT2D eigenvalue weighted by Gasteiger charge is -2.39. The molecule has 1 unspecified atom stereocenters. The first-order chi connectivity index (χ1) is 13.6. The summed E-state index contributed by atoms with van der Waals surface area (Å²) in [6.07, 6.45) is 9.20. The van der Waals surface area contributed by atoms with Crippen LogP contribution in [0.5, 0.6) is 0 Å². The molecule has 6 nitrogen and oxygen atoms in total. The van der Waals surface area contributed by atoms with E-state index in [1.165, 1.54) is 5.56 Å². The first-order valence-electron chi connectivity index (χ1n) is 10.0. The summed E-state index contributed by atoms with van der Waals surface area (Å²) in [7, 11) is 0. The number of allylic oxidation sites excluding steroid dienone is 2. The molecule has 1 aliphatic heterocycles. The molecule has 3 N–H and O–H groups in total. The Labute approximate surface area is 167 Å². The molecule has 0 spiro atoms. The highest BCUT2D eigenvalue weighted by molar-refractivity contribution is 5.83. The molecule has 2 aliphatic rings. The van der Waals surface area contributed by atoms with Gasteiger partial charge in [-0.1, -0.05) is 54.6 Å². The molecule has 28 heavy (non-hydrogen) atoms. The van der Waals surface area contributed by atoms with Crippen LogP contribution in [0.4, 0.5) is 0 Å². The molecule has 0 bridgehead atoms. The number of hydrogen-bond donors (Lipinski definition) is 2. The third-order valence-electron chi connectivity index (χ3n) is 5.27. The van der Waals surface area contributed by atoms with E-state index in [-0.39, 0.29) is 30.8 Å². The Balaban J connectivity index is 1.61. The highest BCUT2D eigenvalue weighted by atomic mass is 16.2. The summed E-state index contributed by atoms with van der Waals surface area (Å²) in [4.78, 5) is 28.3. The maximum atomic E-state index is 12.8. The van der Waals surface area contributed by atoms with Crippen LogP contribution in [0, 0.1) is 0 Å². The second-order valence-corrected chi connectivity index (χ2v) is 7.50. The van der Waals surface area contributed by atoms with Gasteiger partial charge in [0.2, 0.25) is 11.8 Å². The van der Waals surface area contributed by atoms with Gasteiger partial charge in [0.15, 0.2) is 0 Å². The predicted octanol–water partition coefficient (Wildman–Crippen LogP) is 1.44. The van der Waals surface area contributed by atoms with Crippen molar-refractivity contribution in [3.63, 3.8) is 0 Å². The van der Waals surface area contributed by atoms with Gasteiger partial charge >= 0.3 is 0 Å². The zero-order valence-electron chi connectivity index (χ0n) is 16.3. The number of nitrogens with two attached hydrogens (primary N) is 1. The van der Waals surface area contributed by atoms with Crippen molar-refractivity contribution in [2.75, 3.05) is 26.2 Å². The minimum absolute atomic E-state index is 0.00858. The maximum absolute atomic E-state index is 12.8. The summed E-state index contributed by atoms with van der Waals surface area (Å²) in [5.74, 6) is -0.442. The van der Waals surface area contributed by atoms with Gasteiger partial charge in [-0.05, 0) is 12.0 Å². The van der Waals surface area contributed by atoms with Crippen molar-refractivity contribution >= 4 is 11.8 Å². The van der Waals surface area contributed by atoms with E-state index >= 15 is 0 Å². The van der Waals surface area contributed by atoms with Gasteiger partial charge in [0, 0.05) is 51.6 Å². The van der Waals surface area contributed by atoms with Crippen molar-refractivity contribution < 1.29 is 9.59 Å². The molecule has 0 saturated carbocycles. The van der Waals surface area contributed by atoms with Crippen molar-refractivity contribution in [2.45, 2.75) is 37.9 Å².